The third kappa shape index (κ3) is 2.79. The van der Waals surface area contributed by atoms with Gasteiger partial charge in [-0.3, -0.25) is 4.79 Å². The molecule has 0 aliphatic carbocycles. The maximum atomic E-state index is 12.2. The van der Waals surface area contributed by atoms with Crippen molar-refractivity contribution < 1.29 is 4.79 Å². The molecule has 94 valence electrons. The van der Waals surface area contributed by atoms with Gasteiger partial charge in [0, 0.05) is 18.5 Å². The Balaban J connectivity index is 2.11. The van der Waals surface area contributed by atoms with Crippen LogP contribution in [0.5, 0.6) is 0 Å². The van der Waals surface area contributed by atoms with Crippen LogP contribution in [0.1, 0.15) is 25.7 Å². The van der Waals surface area contributed by atoms with Crippen LogP contribution >= 0.6 is 11.3 Å². The lowest BCUT2D eigenvalue weighted by Gasteiger charge is -2.17. The molecule has 0 bridgehead atoms. The number of amides is 1. The zero-order chi connectivity index (χ0) is 13.1. The van der Waals surface area contributed by atoms with Crippen LogP contribution in [0.2, 0.25) is 0 Å². The number of aryl methyl sites for hydroxylation is 2. The average Bonchev–Trinajstić information content (AvgIpc) is 2.78. The molecular formula is C15H17NOS. The van der Waals surface area contributed by atoms with E-state index in [0.717, 1.165) is 4.88 Å². The topological polar surface area (TPSA) is 20.3 Å². The van der Waals surface area contributed by atoms with E-state index in [0.29, 0.717) is 6.54 Å². The van der Waals surface area contributed by atoms with Crippen molar-refractivity contribution in [2.45, 2.75) is 20.4 Å². The first-order valence-electron chi connectivity index (χ1n) is 5.94. The van der Waals surface area contributed by atoms with E-state index in [2.05, 4.69) is 19.1 Å². The average molecular weight is 259 g/mol. The molecule has 2 aromatic rings. The first kappa shape index (κ1) is 12.8. The monoisotopic (exact) mass is 259 g/mol. The molecule has 0 N–H and O–H groups in total. The highest BCUT2D eigenvalue weighted by atomic mass is 32.1. The van der Waals surface area contributed by atoms with Crippen LogP contribution in [0.15, 0.2) is 36.4 Å². The van der Waals surface area contributed by atoms with Crippen LogP contribution in [0.25, 0.3) is 0 Å². The molecule has 0 aliphatic heterocycles. The number of benzene rings is 1. The molecule has 18 heavy (non-hydrogen) atoms. The van der Waals surface area contributed by atoms with Crippen molar-refractivity contribution in [1.29, 1.82) is 0 Å². The summed E-state index contributed by atoms with van der Waals surface area (Å²) in [5, 5.41) is 0. The lowest BCUT2D eigenvalue weighted by molar-refractivity contribution is 0.0789. The van der Waals surface area contributed by atoms with Gasteiger partial charge in [0.1, 0.15) is 0 Å². The van der Waals surface area contributed by atoms with Gasteiger partial charge in [0.25, 0.3) is 5.91 Å². The molecule has 1 heterocycles. The Morgan fingerprint density at radius 1 is 1.17 bits per heavy atom. The van der Waals surface area contributed by atoms with E-state index in [1.807, 2.05) is 38.2 Å². The van der Waals surface area contributed by atoms with Gasteiger partial charge in [0.15, 0.2) is 0 Å². The van der Waals surface area contributed by atoms with Gasteiger partial charge in [-0.1, -0.05) is 24.3 Å². The van der Waals surface area contributed by atoms with Crippen molar-refractivity contribution in [3.05, 3.63) is 57.3 Å². The van der Waals surface area contributed by atoms with Crippen LogP contribution in [-0.4, -0.2) is 17.9 Å². The molecule has 0 atom stereocenters. The molecule has 1 amide bonds. The van der Waals surface area contributed by atoms with Crippen molar-refractivity contribution >= 4 is 17.2 Å². The van der Waals surface area contributed by atoms with E-state index < -0.39 is 0 Å². The largest absolute Gasteiger partial charge is 0.337 e. The minimum absolute atomic E-state index is 0.0938. The Labute approximate surface area is 112 Å². The Bertz CT molecular complexity index is 559. The fraction of sp³-hybridized carbons (Fsp3) is 0.267. The molecule has 0 spiro atoms. The minimum Gasteiger partial charge on any atom is -0.337 e. The maximum absolute atomic E-state index is 12.2. The molecule has 0 unspecified atom stereocenters. The molecule has 0 saturated carbocycles. The minimum atomic E-state index is 0.0938. The maximum Gasteiger partial charge on any atom is 0.263 e. The van der Waals surface area contributed by atoms with E-state index in [9.17, 15) is 4.79 Å². The third-order valence-corrected chi connectivity index (χ3v) is 3.96. The summed E-state index contributed by atoms with van der Waals surface area (Å²) in [7, 11) is 1.85. The van der Waals surface area contributed by atoms with Crippen molar-refractivity contribution in [3.63, 3.8) is 0 Å². The zero-order valence-electron chi connectivity index (χ0n) is 10.9. The summed E-state index contributed by atoms with van der Waals surface area (Å²) in [6.07, 6.45) is 0. The molecule has 1 aromatic heterocycles. The van der Waals surface area contributed by atoms with Gasteiger partial charge in [-0.25, -0.2) is 0 Å². The van der Waals surface area contributed by atoms with Gasteiger partial charge in [0.05, 0.1) is 4.88 Å². The predicted octanol–water partition coefficient (Wildman–Crippen LogP) is 3.64. The van der Waals surface area contributed by atoms with E-state index in [4.69, 9.17) is 0 Å². The fourth-order valence-corrected chi connectivity index (χ4v) is 2.71. The van der Waals surface area contributed by atoms with E-state index in [1.54, 1.807) is 16.2 Å². The molecule has 2 rings (SSSR count). The second-order valence-corrected chi connectivity index (χ2v) is 5.79. The number of rotatable bonds is 3. The number of hydrogen-bond donors (Lipinski definition) is 0. The van der Waals surface area contributed by atoms with Gasteiger partial charge in [-0.15, -0.1) is 11.3 Å². The Morgan fingerprint density at radius 2 is 1.89 bits per heavy atom. The van der Waals surface area contributed by atoms with Crippen molar-refractivity contribution in [2.75, 3.05) is 7.05 Å². The number of thiophene rings is 1. The van der Waals surface area contributed by atoms with Gasteiger partial charge in [0.2, 0.25) is 0 Å². The van der Waals surface area contributed by atoms with Crippen molar-refractivity contribution in [3.8, 4) is 0 Å². The summed E-state index contributed by atoms with van der Waals surface area (Å²) in [6, 6.07) is 12.1. The highest BCUT2D eigenvalue weighted by molar-refractivity contribution is 7.13. The molecule has 2 nitrogen and oxygen atoms in total. The molecule has 0 aliphatic rings. The highest BCUT2D eigenvalue weighted by Gasteiger charge is 2.14. The van der Waals surface area contributed by atoms with Gasteiger partial charge >= 0.3 is 0 Å². The van der Waals surface area contributed by atoms with Gasteiger partial charge in [-0.2, -0.15) is 0 Å². The van der Waals surface area contributed by atoms with E-state index in [1.165, 1.54) is 16.0 Å². The number of hydrogen-bond acceptors (Lipinski definition) is 2. The molecule has 0 fully saturated rings. The molecule has 3 heteroatoms. The lowest BCUT2D eigenvalue weighted by atomic mass is 10.1. The highest BCUT2D eigenvalue weighted by Crippen LogP contribution is 2.18. The third-order valence-electron chi connectivity index (χ3n) is 2.97. The van der Waals surface area contributed by atoms with Crippen molar-refractivity contribution in [1.82, 2.24) is 4.90 Å². The summed E-state index contributed by atoms with van der Waals surface area (Å²) in [5.74, 6) is 0.0938. The molecule has 0 saturated heterocycles. The number of carbonyl (C=O) groups excluding carboxylic acids is 1. The second-order valence-electron chi connectivity index (χ2n) is 4.50. The summed E-state index contributed by atoms with van der Waals surface area (Å²) >= 11 is 1.55. The predicted molar refractivity (Wildman–Crippen MR) is 76.0 cm³/mol. The van der Waals surface area contributed by atoms with Crippen LogP contribution < -0.4 is 0 Å². The van der Waals surface area contributed by atoms with E-state index >= 15 is 0 Å². The summed E-state index contributed by atoms with van der Waals surface area (Å²) in [4.78, 5) is 16.0. The fourth-order valence-electron chi connectivity index (χ4n) is 1.85. The normalized spacial score (nSPS) is 10.4. The van der Waals surface area contributed by atoms with Gasteiger partial charge < -0.3 is 4.90 Å². The van der Waals surface area contributed by atoms with Crippen LogP contribution in [-0.2, 0) is 6.54 Å². The summed E-state index contributed by atoms with van der Waals surface area (Å²) in [6.45, 7) is 4.74. The lowest BCUT2D eigenvalue weighted by Crippen LogP contribution is -2.25. The molecular weight excluding hydrogens is 242 g/mol. The first-order valence-corrected chi connectivity index (χ1v) is 6.76. The van der Waals surface area contributed by atoms with E-state index in [-0.39, 0.29) is 5.91 Å². The zero-order valence-corrected chi connectivity index (χ0v) is 11.8. The van der Waals surface area contributed by atoms with Crippen LogP contribution in [0.4, 0.5) is 0 Å². The van der Waals surface area contributed by atoms with Crippen molar-refractivity contribution in [2.24, 2.45) is 0 Å². The second kappa shape index (κ2) is 5.36. The standard InChI is InChI=1S/C15H17NOS/c1-11-6-4-5-7-13(11)10-16(3)15(17)14-9-8-12(2)18-14/h4-9H,10H2,1-3H3. The first-order chi connectivity index (χ1) is 8.58. The summed E-state index contributed by atoms with van der Waals surface area (Å²) in [5.41, 5.74) is 2.42. The summed E-state index contributed by atoms with van der Waals surface area (Å²) < 4.78 is 0. The smallest absolute Gasteiger partial charge is 0.263 e. The quantitative estimate of drug-likeness (QED) is 0.824. The van der Waals surface area contributed by atoms with Gasteiger partial charge in [-0.05, 0) is 37.1 Å². The Hall–Kier alpha value is -1.61. The Morgan fingerprint density at radius 3 is 2.50 bits per heavy atom. The Kier molecular flexibility index (Phi) is 3.82. The number of nitrogens with zero attached hydrogens (tertiary/aromatic N) is 1. The molecule has 0 radical (unpaired) electrons. The SMILES string of the molecule is Cc1ccc(C(=O)N(C)Cc2ccccc2C)s1. The number of carbonyl (C=O) groups is 1. The van der Waals surface area contributed by atoms with Crippen LogP contribution in [0, 0.1) is 13.8 Å². The molecule has 1 aromatic carbocycles. The van der Waals surface area contributed by atoms with Crippen LogP contribution in [0.3, 0.4) is 0 Å².